The number of alkyl halides is 2. The molecule has 0 bridgehead atoms. The van der Waals surface area contributed by atoms with Crippen molar-refractivity contribution in [3.05, 3.63) is 41.3 Å². The van der Waals surface area contributed by atoms with Gasteiger partial charge in [0, 0.05) is 12.1 Å². The number of para-hydroxylation sites is 1. The summed E-state index contributed by atoms with van der Waals surface area (Å²) in [6, 6.07) is 5.56. The molecule has 1 N–H and O–H groups in total. The van der Waals surface area contributed by atoms with Crippen molar-refractivity contribution in [1.29, 1.82) is 0 Å². The van der Waals surface area contributed by atoms with Crippen molar-refractivity contribution in [2.75, 3.05) is 5.32 Å². The van der Waals surface area contributed by atoms with Gasteiger partial charge in [-0.3, -0.25) is 0 Å². The number of halogens is 2. The van der Waals surface area contributed by atoms with Crippen LogP contribution >= 0.6 is 0 Å². The Morgan fingerprint density at radius 3 is 2.52 bits per heavy atom. The second-order valence-electron chi connectivity index (χ2n) is 4.46. The van der Waals surface area contributed by atoms with E-state index in [1.54, 1.807) is 19.9 Å². The first kappa shape index (κ1) is 15.4. The third kappa shape index (κ3) is 3.05. The van der Waals surface area contributed by atoms with Crippen molar-refractivity contribution in [3.63, 3.8) is 0 Å². The van der Waals surface area contributed by atoms with E-state index in [2.05, 4.69) is 10.5 Å². The van der Waals surface area contributed by atoms with Crippen LogP contribution in [0, 0.1) is 13.8 Å². The Labute approximate surface area is 120 Å². The lowest BCUT2D eigenvalue weighted by Gasteiger charge is -2.12. The van der Waals surface area contributed by atoms with Gasteiger partial charge in [0.25, 0.3) is 0 Å². The third-order valence-corrected chi connectivity index (χ3v) is 4.50. The molecule has 0 aliphatic heterocycles. The lowest BCUT2D eigenvalue weighted by Crippen LogP contribution is -2.14. The Bertz CT molecular complexity index is 722. The summed E-state index contributed by atoms with van der Waals surface area (Å²) in [5, 5.41) is 6.62. The first-order chi connectivity index (χ1) is 9.84. The zero-order valence-corrected chi connectivity index (χ0v) is 12.2. The molecule has 1 aromatic heterocycles. The molecule has 2 rings (SSSR count). The average Bonchev–Trinajstić information content (AvgIpc) is 2.76. The molecule has 5 nitrogen and oxygen atoms in total. The summed E-state index contributed by atoms with van der Waals surface area (Å²) in [6.45, 7) is 3.70. The van der Waals surface area contributed by atoms with Gasteiger partial charge in [0.15, 0.2) is 0 Å². The summed E-state index contributed by atoms with van der Waals surface area (Å²) in [6.07, 6.45) is 0. The molecule has 21 heavy (non-hydrogen) atoms. The normalized spacial score (nSPS) is 11.9. The number of nitrogens with one attached hydrogen (secondary N) is 1. The zero-order chi connectivity index (χ0) is 15.6. The number of benzene rings is 1. The van der Waals surface area contributed by atoms with Crippen LogP contribution in [0.2, 0.25) is 0 Å². The smallest absolute Gasteiger partial charge is 0.341 e. The molecular weight excluding hydrogens is 302 g/mol. The second-order valence-corrected chi connectivity index (χ2v) is 6.34. The molecule has 0 fully saturated rings. The molecule has 2 aromatic rings. The van der Waals surface area contributed by atoms with E-state index in [1.165, 1.54) is 12.1 Å². The van der Waals surface area contributed by atoms with Gasteiger partial charge in [-0.1, -0.05) is 17.3 Å². The average molecular weight is 316 g/mol. The molecule has 8 heteroatoms. The molecule has 0 aliphatic carbocycles. The van der Waals surface area contributed by atoms with E-state index in [1.807, 2.05) is 0 Å². The fourth-order valence-electron chi connectivity index (χ4n) is 1.89. The van der Waals surface area contributed by atoms with Gasteiger partial charge in [0.05, 0.1) is 16.3 Å². The maximum absolute atomic E-state index is 12.7. The SMILES string of the molecule is Cc1noc(C)c1CNc1ccccc1S(=O)(=O)C(F)F. The third-order valence-electron chi connectivity index (χ3n) is 3.06. The van der Waals surface area contributed by atoms with Crippen LogP contribution < -0.4 is 5.32 Å². The molecular formula is C13H14F2N2O3S. The number of hydrogen-bond donors (Lipinski definition) is 1. The number of rotatable bonds is 5. The standard InChI is InChI=1S/C13H14F2N2O3S/c1-8-10(9(2)20-17-8)7-16-11-5-3-4-6-12(11)21(18,19)13(14)15/h3-6,13,16H,7H2,1-2H3. The molecule has 0 spiro atoms. The van der Waals surface area contributed by atoms with Gasteiger partial charge in [0.2, 0.25) is 9.84 Å². The topological polar surface area (TPSA) is 72.2 Å². The molecule has 0 aliphatic rings. The van der Waals surface area contributed by atoms with Crippen LogP contribution in [0.1, 0.15) is 17.0 Å². The molecule has 0 radical (unpaired) electrons. The van der Waals surface area contributed by atoms with E-state index >= 15 is 0 Å². The summed E-state index contributed by atoms with van der Waals surface area (Å²) < 4.78 is 53.6. The number of nitrogens with zero attached hydrogens (tertiary/aromatic N) is 1. The Kier molecular flexibility index (Phi) is 4.26. The van der Waals surface area contributed by atoms with E-state index in [9.17, 15) is 17.2 Å². The number of anilines is 1. The molecule has 0 atom stereocenters. The van der Waals surface area contributed by atoms with E-state index in [-0.39, 0.29) is 12.2 Å². The molecule has 1 aromatic carbocycles. The highest BCUT2D eigenvalue weighted by molar-refractivity contribution is 7.91. The molecule has 0 amide bonds. The Hall–Kier alpha value is -1.96. The van der Waals surface area contributed by atoms with E-state index < -0.39 is 20.5 Å². The van der Waals surface area contributed by atoms with Crippen LogP contribution in [0.15, 0.2) is 33.7 Å². The van der Waals surface area contributed by atoms with Crippen molar-refractivity contribution in [2.24, 2.45) is 0 Å². The predicted molar refractivity (Wildman–Crippen MR) is 72.9 cm³/mol. The first-order valence-electron chi connectivity index (χ1n) is 6.10. The lowest BCUT2D eigenvalue weighted by atomic mass is 10.2. The van der Waals surface area contributed by atoms with Crippen LogP contribution in [-0.2, 0) is 16.4 Å². The van der Waals surface area contributed by atoms with Crippen molar-refractivity contribution < 1.29 is 21.7 Å². The molecule has 0 saturated carbocycles. The van der Waals surface area contributed by atoms with Gasteiger partial charge in [-0.25, -0.2) is 8.42 Å². The van der Waals surface area contributed by atoms with Crippen molar-refractivity contribution in [3.8, 4) is 0 Å². The van der Waals surface area contributed by atoms with Crippen molar-refractivity contribution in [2.45, 2.75) is 31.0 Å². The highest BCUT2D eigenvalue weighted by Crippen LogP contribution is 2.27. The number of hydrogen-bond acceptors (Lipinski definition) is 5. The quantitative estimate of drug-likeness (QED) is 0.918. The van der Waals surface area contributed by atoms with Gasteiger partial charge >= 0.3 is 5.76 Å². The fraction of sp³-hybridized carbons (Fsp3) is 0.308. The maximum Gasteiger partial charge on any atom is 0.341 e. The molecule has 1 heterocycles. The monoisotopic (exact) mass is 316 g/mol. The second kappa shape index (κ2) is 5.80. The highest BCUT2D eigenvalue weighted by Gasteiger charge is 2.29. The Morgan fingerprint density at radius 1 is 1.29 bits per heavy atom. The summed E-state index contributed by atoms with van der Waals surface area (Å²) in [7, 11) is -4.65. The molecule has 0 unspecified atom stereocenters. The number of sulfone groups is 1. The first-order valence-corrected chi connectivity index (χ1v) is 7.65. The summed E-state index contributed by atoms with van der Waals surface area (Å²) >= 11 is 0. The fourth-order valence-corrected chi connectivity index (χ4v) is 2.80. The molecule has 114 valence electrons. The summed E-state index contributed by atoms with van der Waals surface area (Å²) in [5.41, 5.74) is 1.55. The highest BCUT2D eigenvalue weighted by atomic mass is 32.2. The largest absolute Gasteiger partial charge is 0.380 e. The van der Waals surface area contributed by atoms with Gasteiger partial charge < -0.3 is 9.84 Å². The van der Waals surface area contributed by atoms with Gasteiger partial charge in [-0.15, -0.1) is 0 Å². The van der Waals surface area contributed by atoms with Gasteiger partial charge in [0.1, 0.15) is 5.76 Å². The maximum atomic E-state index is 12.7. The number of aryl methyl sites for hydroxylation is 2. The minimum Gasteiger partial charge on any atom is -0.380 e. The lowest BCUT2D eigenvalue weighted by molar-refractivity contribution is 0.235. The summed E-state index contributed by atoms with van der Waals surface area (Å²) in [5.74, 6) is -2.87. The van der Waals surface area contributed by atoms with Crippen molar-refractivity contribution >= 4 is 15.5 Å². The molecule has 0 saturated heterocycles. The summed E-state index contributed by atoms with van der Waals surface area (Å²) in [4.78, 5) is -0.424. The Morgan fingerprint density at radius 2 is 1.95 bits per heavy atom. The van der Waals surface area contributed by atoms with E-state index in [0.29, 0.717) is 11.5 Å². The zero-order valence-electron chi connectivity index (χ0n) is 11.4. The van der Waals surface area contributed by atoms with Crippen LogP contribution in [0.25, 0.3) is 0 Å². The van der Waals surface area contributed by atoms with Crippen LogP contribution in [-0.4, -0.2) is 19.3 Å². The van der Waals surface area contributed by atoms with Crippen LogP contribution in [0.5, 0.6) is 0 Å². The Balaban J connectivity index is 2.30. The minimum absolute atomic E-state index is 0.123. The minimum atomic E-state index is -4.65. The van der Waals surface area contributed by atoms with Crippen LogP contribution in [0.4, 0.5) is 14.5 Å². The van der Waals surface area contributed by atoms with E-state index in [0.717, 1.165) is 11.6 Å². The number of aromatic nitrogens is 1. The van der Waals surface area contributed by atoms with Crippen molar-refractivity contribution in [1.82, 2.24) is 5.16 Å². The van der Waals surface area contributed by atoms with Gasteiger partial charge in [-0.05, 0) is 26.0 Å². The predicted octanol–water partition coefficient (Wildman–Crippen LogP) is 2.90. The van der Waals surface area contributed by atoms with Gasteiger partial charge in [-0.2, -0.15) is 8.78 Å². The van der Waals surface area contributed by atoms with E-state index in [4.69, 9.17) is 4.52 Å². The van der Waals surface area contributed by atoms with Crippen LogP contribution in [0.3, 0.4) is 0 Å².